The van der Waals surface area contributed by atoms with Gasteiger partial charge in [0.15, 0.2) is 0 Å². The standard InChI is InChI=1S/C8H9BrO3/c1-11-5-3-6(10)8(9)7(4-5)12-2/h3-4,10H,1-2H3. The number of aromatic hydroxyl groups is 1. The minimum Gasteiger partial charge on any atom is -0.506 e. The number of benzene rings is 1. The summed E-state index contributed by atoms with van der Waals surface area (Å²) in [6.45, 7) is 0. The van der Waals surface area contributed by atoms with Gasteiger partial charge in [0.2, 0.25) is 0 Å². The van der Waals surface area contributed by atoms with Crippen molar-refractivity contribution in [2.24, 2.45) is 0 Å². The van der Waals surface area contributed by atoms with Crippen molar-refractivity contribution < 1.29 is 14.6 Å². The van der Waals surface area contributed by atoms with Crippen LogP contribution in [0.25, 0.3) is 0 Å². The number of hydrogen-bond donors (Lipinski definition) is 1. The fraction of sp³-hybridized carbons (Fsp3) is 0.250. The second-order valence-electron chi connectivity index (χ2n) is 2.16. The number of ether oxygens (including phenoxy) is 2. The molecule has 0 amide bonds. The Labute approximate surface area is 79.1 Å². The number of halogens is 1. The molecule has 0 atom stereocenters. The minimum atomic E-state index is 0.103. The van der Waals surface area contributed by atoms with Crippen LogP contribution in [0.15, 0.2) is 16.6 Å². The van der Waals surface area contributed by atoms with Crippen LogP contribution in [0.3, 0.4) is 0 Å². The van der Waals surface area contributed by atoms with Gasteiger partial charge in [0.25, 0.3) is 0 Å². The summed E-state index contributed by atoms with van der Waals surface area (Å²) in [5.41, 5.74) is 0. The first-order valence-corrected chi connectivity index (χ1v) is 4.09. The second-order valence-corrected chi connectivity index (χ2v) is 2.96. The van der Waals surface area contributed by atoms with E-state index in [2.05, 4.69) is 15.9 Å². The van der Waals surface area contributed by atoms with E-state index in [9.17, 15) is 5.11 Å². The Kier molecular flexibility index (Phi) is 2.81. The predicted octanol–water partition coefficient (Wildman–Crippen LogP) is 2.17. The van der Waals surface area contributed by atoms with E-state index in [-0.39, 0.29) is 5.75 Å². The summed E-state index contributed by atoms with van der Waals surface area (Å²) in [7, 11) is 3.06. The fourth-order valence-corrected chi connectivity index (χ4v) is 1.22. The Bertz CT molecular complexity index is 286. The van der Waals surface area contributed by atoms with Crippen molar-refractivity contribution in [2.75, 3.05) is 14.2 Å². The van der Waals surface area contributed by atoms with Crippen LogP contribution in [-0.2, 0) is 0 Å². The Morgan fingerprint density at radius 3 is 2.42 bits per heavy atom. The van der Waals surface area contributed by atoms with E-state index in [0.29, 0.717) is 16.0 Å². The van der Waals surface area contributed by atoms with Gasteiger partial charge in [0, 0.05) is 12.1 Å². The maximum atomic E-state index is 9.34. The lowest BCUT2D eigenvalue weighted by Crippen LogP contribution is -1.88. The van der Waals surface area contributed by atoms with Crippen LogP contribution >= 0.6 is 15.9 Å². The van der Waals surface area contributed by atoms with Gasteiger partial charge in [-0.3, -0.25) is 0 Å². The highest BCUT2D eigenvalue weighted by Crippen LogP contribution is 2.37. The van der Waals surface area contributed by atoms with Crippen LogP contribution in [0.2, 0.25) is 0 Å². The van der Waals surface area contributed by atoms with Crippen LogP contribution in [0.5, 0.6) is 17.2 Å². The van der Waals surface area contributed by atoms with Crippen LogP contribution in [-0.4, -0.2) is 19.3 Å². The smallest absolute Gasteiger partial charge is 0.140 e. The summed E-state index contributed by atoms with van der Waals surface area (Å²) >= 11 is 3.17. The molecule has 0 aliphatic heterocycles. The molecule has 3 nitrogen and oxygen atoms in total. The monoisotopic (exact) mass is 232 g/mol. The van der Waals surface area contributed by atoms with Crippen LogP contribution in [0.4, 0.5) is 0 Å². The van der Waals surface area contributed by atoms with Crippen molar-refractivity contribution >= 4 is 15.9 Å². The summed E-state index contributed by atoms with van der Waals surface area (Å²) in [5.74, 6) is 1.21. The normalized spacial score (nSPS) is 9.58. The van der Waals surface area contributed by atoms with Gasteiger partial charge in [-0.2, -0.15) is 0 Å². The van der Waals surface area contributed by atoms with Gasteiger partial charge in [0.05, 0.1) is 14.2 Å². The predicted molar refractivity (Wildman–Crippen MR) is 48.9 cm³/mol. The molecular formula is C8H9BrO3. The Morgan fingerprint density at radius 1 is 1.25 bits per heavy atom. The molecule has 0 aliphatic rings. The molecule has 1 rings (SSSR count). The van der Waals surface area contributed by atoms with Crippen molar-refractivity contribution in [1.29, 1.82) is 0 Å². The third-order valence-corrected chi connectivity index (χ3v) is 2.25. The fourth-order valence-electron chi connectivity index (χ4n) is 0.825. The molecule has 1 aromatic rings. The first kappa shape index (κ1) is 9.19. The van der Waals surface area contributed by atoms with E-state index in [4.69, 9.17) is 9.47 Å². The zero-order valence-electron chi connectivity index (χ0n) is 6.80. The van der Waals surface area contributed by atoms with Crippen molar-refractivity contribution in [1.82, 2.24) is 0 Å². The summed E-state index contributed by atoms with van der Waals surface area (Å²) < 4.78 is 10.4. The van der Waals surface area contributed by atoms with Gasteiger partial charge in [0.1, 0.15) is 21.7 Å². The van der Waals surface area contributed by atoms with Gasteiger partial charge < -0.3 is 14.6 Å². The van der Waals surface area contributed by atoms with Crippen molar-refractivity contribution in [3.63, 3.8) is 0 Å². The molecule has 12 heavy (non-hydrogen) atoms. The number of methoxy groups -OCH3 is 2. The lowest BCUT2D eigenvalue weighted by atomic mass is 10.3. The molecule has 0 heterocycles. The molecule has 0 spiro atoms. The maximum absolute atomic E-state index is 9.34. The quantitative estimate of drug-likeness (QED) is 0.850. The Morgan fingerprint density at radius 2 is 1.92 bits per heavy atom. The number of rotatable bonds is 2. The molecule has 0 radical (unpaired) electrons. The first-order valence-electron chi connectivity index (χ1n) is 3.29. The van der Waals surface area contributed by atoms with Gasteiger partial charge in [-0.25, -0.2) is 0 Å². The largest absolute Gasteiger partial charge is 0.506 e. The molecule has 4 heteroatoms. The molecule has 0 aromatic heterocycles. The van der Waals surface area contributed by atoms with E-state index in [1.807, 2.05) is 0 Å². The van der Waals surface area contributed by atoms with Crippen LogP contribution in [0.1, 0.15) is 0 Å². The maximum Gasteiger partial charge on any atom is 0.140 e. The van der Waals surface area contributed by atoms with E-state index >= 15 is 0 Å². The highest BCUT2D eigenvalue weighted by atomic mass is 79.9. The Hall–Kier alpha value is -0.900. The molecular weight excluding hydrogens is 224 g/mol. The topological polar surface area (TPSA) is 38.7 Å². The summed E-state index contributed by atoms with van der Waals surface area (Å²) in [4.78, 5) is 0. The van der Waals surface area contributed by atoms with Crippen molar-refractivity contribution in [3.8, 4) is 17.2 Å². The van der Waals surface area contributed by atoms with E-state index in [1.165, 1.54) is 20.3 Å². The third-order valence-electron chi connectivity index (χ3n) is 1.45. The number of phenolic OH excluding ortho intramolecular Hbond substituents is 1. The summed E-state index contributed by atoms with van der Waals surface area (Å²) in [5, 5.41) is 9.34. The molecule has 1 N–H and O–H groups in total. The average molecular weight is 233 g/mol. The molecule has 0 saturated carbocycles. The lowest BCUT2D eigenvalue weighted by molar-refractivity contribution is 0.382. The molecule has 0 aliphatic carbocycles. The zero-order valence-corrected chi connectivity index (χ0v) is 8.38. The van der Waals surface area contributed by atoms with Crippen molar-refractivity contribution in [3.05, 3.63) is 16.6 Å². The van der Waals surface area contributed by atoms with E-state index in [0.717, 1.165) is 0 Å². The molecule has 66 valence electrons. The van der Waals surface area contributed by atoms with Gasteiger partial charge in [-0.1, -0.05) is 0 Å². The number of hydrogen-bond acceptors (Lipinski definition) is 3. The van der Waals surface area contributed by atoms with Gasteiger partial charge >= 0.3 is 0 Å². The molecule has 0 saturated heterocycles. The summed E-state index contributed by atoms with van der Waals surface area (Å²) in [6, 6.07) is 3.19. The highest BCUT2D eigenvalue weighted by Gasteiger charge is 2.07. The second kappa shape index (κ2) is 3.67. The lowest BCUT2D eigenvalue weighted by Gasteiger charge is -2.07. The molecule has 1 aromatic carbocycles. The van der Waals surface area contributed by atoms with Crippen LogP contribution < -0.4 is 9.47 Å². The molecule has 0 bridgehead atoms. The van der Waals surface area contributed by atoms with Crippen molar-refractivity contribution in [2.45, 2.75) is 0 Å². The SMILES string of the molecule is COc1cc(O)c(Br)c(OC)c1. The zero-order chi connectivity index (χ0) is 9.14. The van der Waals surface area contributed by atoms with Gasteiger partial charge in [-0.15, -0.1) is 0 Å². The van der Waals surface area contributed by atoms with Gasteiger partial charge in [-0.05, 0) is 15.9 Å². The minimum absolute atomic E-state index is 0.103. The Balaban J connectivity index is 3.19. The van der Waals surface area contributed by atoms with Crippen LogP contribution in [0, 0.1) is 0 Å². The molecule has 0 unspecified atom stereocenters. The molecule has 0 fully saturated rings. The number of phenols is 1. The van der Waals surface area contributed by atoms with E-state index in [1.54, 1.807) is 6.07 Å². The third kappa shape index (κ3) is 1.64. The average Bonchev–Trinajstić information content (AvgIpc) is 2.09. The first-order chi connectivity index (χ1) is 5.69. The van der Waals surface area contributed by atoms with E-state index < -0.39 is 0 Å². The highest BCUT2D eigenvalue weighted by molar-refractivity contribution is 9.10. The summed E-state index contributed by atoms with van der Waals surface area (Å²) in [6.07, 6.45) is 0.